The Kier molecular flexibility index (Phi) is 3.38. The largest absolute Gasteiger partial charge is 0.365 e. The maximum atomic E-state index is 13.3. The fourth-order valence-corrected chi connectivity index (χ4v) is 2.44. The lowest BCUT2D eigenvalue weighted by Crippen LogP contribution is -2.61. The summed E-state index contributed by atoms with van der Waals surface area (Å²) in [5, 5.41) is 3.54. The quantitative estimate of drug-likeness (QED) is 0.849. The Morgan fingerprint density at radius 1 is 1.47 bits per heavy atom. The number of nitrogens with one attached hydrogen (secondary N) is 1. The van der Waals surface area contributed by atoms with E-state index in [-0.39, 0.29) is 11.4 Å². The van der Waals surface area contributed by atoms with Crippen LogP contribution < -0.4 is 10.2 Å². The Morgan fingerprint density at radius 2 is 2.24 bits per heavy atom. The number of piperazine rings is 1. The molecule has 0 radical (unpaired) electrons. The number of rotatable bonds is 2. The lowest BCUT2D eigenvalue weighted by atomic mass is 9.97. The van der Waals surface area contributed by atoms with Gasteiger partial charge in [-0.15, -0.1) is 0 Å². The maximum absolute atomic E-state index is 13.3. The fraction of sp³-hybridized carbons (Fsp3) is 0.571. The molecule has 1 aliphatic rings. The Balaban J connectivity index is 2.26. The zero-order chi connectivity index (χ0) is 12.5. The fourth-order valence-electron chi connectivity index (χ4n) is 2.44. The Labute approximate surface area is 103 Å². The van der Waals surface area contributed by atoms with Crippen molar-refractivity contribution >= 4 is 5.69 Å². The lowest BCUT2D eigenvalue weighted by Gasteiger charge is -2.45. The number of anilines is 1. The molecule has 1 unspecified atom stereocenters. The molecule has 0 aromatic heterocycles. The molecule has 1 N–H and O–H groups in total. The second-order valence-corrected chi connectivity index (χ2v) is 5.43. The third-order valence-electron chi connectivity index (χ3n) is 3.43. The molecule has 17 heavy (non-hydrogen) atoms. The summed E-state index contributed by atoms with van der Waals surface area (Å²) in [6.07, 6.45) is 1.07. The van der Waals surface area contributed by atoms with Gasteiger partial charge in [0.2, 0.25) is 0 Å². The highest BCUT2D eigenvalue weighted by molar-refractivity contribution is 5.48. The van der Waals surface area contributed by atoms with E-state index in [9.17, 15) is 4.39 Å². The summed E-state index contributed by atoms with van der Waals surface area (Å²) in [5.41, 5.74) is 1.07. The van der Waals surface area contributed by atoms with E-state index in [0.717, 1.165) is 25.2 Å². The van der Waals surface area contributed by atoms with E-state index < -0.39 is 0 Å². The predicted octanol–water partition coefficient (Wildman–Crippen LogP) is 2.79. The molecule has 1 fully saturated rings. The summed E-state index contributed by atoms with van der Waals surface area (Å²) in [7, 11) is 0. The first kappa shape index (κ1) is 12.4. The monoisotopic (exact) mass is 236 g/mol. The van der Waals surface area contributed by atoms with Crippen LogP contribution in [-0.4, -0.2) is 24.7 Å². The molecule has 94 valence electrons. The number of hydrogen-bond acceptors (Lipinski definition) is 2. The molecule has 1 heterocycles. The van der Waals surface area contributed by atoms with Crippen LogP contribution in [0, 0.1) is 5.82 Å². The van der Waals surface area contributed by atoms with Crippen LogP contribution in [0.2, 0.25) is 0 Å². The van der Waals surface area contributed by atoms with Gasteiger partial charge in [0.1, 0.15) is 5.82 Å². The molecule has 3 heteroatoms. The van der Waals surface area contributed by atoms with E-state index in [1.807, 2.05) is 6.07 Å². The molecular formula is C14H21FN2. The number of hydrogen-bond donors (Lipinski definition) is 1. The number of nitrogens with zero attached hydrogens (tertiary/aromatic N) is 1. The van der Waals surface area contributed by atoms with Gasteiger partial charge in [-0.3, -0.25) is 0 Å². The van der Waals surface area contributed by atoms with E-state index in [1.165, 1.54) is 6.07 Å². The molecule has 2 nitrogen and oxygen atoms in total. The Hall–Kier alpha value is -1.09. The molecule has 1 aliphatic heterocycles. The van der Waals surface area contributed by atoms with Gasteiger partial charge in [-0.25, -0.2) is 4.39 Å². The minimum absolute atomic E-state index is 0.0813. The highest BCUT2D eigenvalue weighted by Crippen LogP contribution is 2.25. The third-order valence-corrected chi connectivity index (χ3v) is 3.43. The van der Waals surface area contributed by atoms with Crippen molar-refractivity contribution < 1.29 is 4.39 Å². The van der Waals surface area contributed by atoms with Crippen LogP contribution in [-0.2, 0) is 0 Å². The topological polar surface area (TPSA) is 15.3 Å². The van der Waals surface area contributed by atoms with Crippen LogP contribution in [0.5, 0.6) is 0 Å². The third kappa shape index (κ3) is 2.78. The first-order valence-electron chi connectivity index (χ1n) is 6.29. The van der Waals surface area contributed by atoms with Gasteiger partial charge in [-0.05, 0) is 38.5 Å². The molecule has 1 aromatic carbocycles. The summed E-state index contributed by atoms with van der Waals surface area (Å²) in [5.74, 6) is -0.159. The molecule has 1 aromatic rings. The molecule has 0 aliphatic carbocycles. The van der Waals surface area contributed by atoms with Gasteiger partial charge in [0, 0.05) is 30.4 Å². The van der Waals surface area contributed by atoms with E-state index in [4.69, 9.17) is 0 Å². The molecule has 2 rings (SSSR count). The summed E-state index contributed by atoms with van der Waals surface area (Å²) >= 11 is 0. The maximum Gasteiger partial charge on any atom is 0.125 e. The van der Waals surface area contributed by atoms with E-state index in [2.05, 4.69) is 31.0 Å². The lowest BCUT2D eigenvalue weighted by molar-refractivity contribution is 0.306. The van der Waals surface area contributed by atoms with Crippen molar-refractivity contribution in [3.05, 3.63) is 30.1 Å². The second kappa shape index (κ2) is 4.65. The van der Waals surface area contributed by atoms with Gasteiger partial charge in [-0.1, -0.05) is 13.0 Å². The van der Waals surface area contributed by atoms with Crippen molar-refractivity contribution in [2.45, 2.75) is 38.8 Å². The van der Waals surface area contributed by atoms with Crippen molar-refractivity contribution in [1.82, 2.24) is 5.32 Å². The highest BCUT2D eigenvalue weighted by Gasteiger charge is 2.31. The highest BCUT2D eigenvalue weighted by atomic mass is 19.1. The minimum atomic E-state index is -0.159. The molecule has 1 saturated heterocycles. The van der Waals surface area contributed by atoms with Crippen molar-refractivity contribution in [3.8, 4) is 0 Å². The van der Waals surface area contributed by atoms with Crippen molar-refractivity contribution in [3.63, 3.8) is 0 Å². The van der Waals surface area contributed by atoms with Crippen molar-refractivity contribution in [1.29, 1.82) is 0 Å². The van der Waals surface area contributed by atoms with Gasteiger partial charge in [-0.2, -0.15) is 0 Å². The standard InChI is InChI=1S/C14H21FN2/c1-4-12-9-16-14(2,3)10-17(12)13-7-5-6-11(15)8-13/h5-8,12,16H,4,9-10H2,1-3H3. The van der Waals surface area contributed by atoms with E-state index >= 15 is 0 Å². The van der Waals surface area contributed by atoms with E-state index in [1.54, 1.807) is 12.1 Å². The van der Waals surface area contributed by atoms with Gasteiger partial charge in [0.25, 0.3) is 0 Å². The van der Waals surface area contributed by atoms with Gasteiger partial charge in [0.05, 0.1) is 0 Å². The zero-order valence-corrected chi connectivity index (χ0v) is 10.8. The van der Waals surface area contributed by atoms with Gasteiger partial charge >= 0.3 is 0 Å². The van der Waals surface area contributed by atoms with Crippen molar-refractivity contribution in [2.75, 3.05) is 18.0 Å². The summed E-state index contributed by atoms with van der Waals surface area (Å²) < 4.78 is 13.3. The summed E-state index contributed by atoms with van der Waals surface area (Å²) in [6.45, 7) is 8.42. The SMILES string of the molecule is CCC1CNC(C)(C)CN1c1cccc(F)c1. The predicted molar refractivity (Wildman–Crippen MR) is 69.9 cm³/mol. The molecule has 1 atom stereocenters. The smallest absolute Gasteiger partial charge is 0.125 e. The van der Waals surface area contributed by atoms with E-state index in [0.29, 0.717) is 6.04 Å². The molecule has 0 amide bonds. The van der Waals surface area contributed by atoms with Crippen LogP contribution in [0.4, 0.5) is 10.1 Å². The summed E-state index contributed by atoms with van der Waals surface area (Å²) in [4.78, 5) is 2.32. The minimum Gasteiger partial charge on any atom is -0.365 e. The first-order valence-corrected chi connectivity index (χ1v) is 6.29. The first-order chi connectivity index (χ1) is 8.02. The summed E-state index contributed by atoms with van der Waals surface area (Å²) in [6, 6.07) is 7.35. The average Bonchev–Trinajstić information content (AvgIpc) is 2.28. The zero-order valence-electron chi connectivity index (χ0n) is 10.8. The van der Waals surface area contributed by atoms with Crippen LogP contribution in [0.15, 0.2) is 24.3 Å². The molecule has 0 bridgehead atoms. The Bertz CT molecular complexity index is 390. The number of benzene rings is 1. The van der Waals surface area contributed by atoms with Crippen molar-refractivity contribution in [2.24, 2.45) is 0 Å². The van der Waals surface area contributed by atoms with Crippen LogP contribution in [0.25, 0.3) is 0 Å². The van der Waals surface area contributed by atoms with Gasteiger partial charge in [0.15, 0.2) is 0 Å². The number of halogens is 1. The van der Waals surface area contributed by atoms with Gasteiger partial charge < -0.3 is 10.2 Å². The van der Waals surface area contributed by atoms with Crippen LogP contribution in [0.3, 0.4) is 0 Å². The Morgan fingerprint density at radius 3 is 2.88 bits per heavy atom. The normalized spacial score (nSPS) is 23.8. The second-order valence-electron chi connectivity index (χ2n) is 5.43. The molecule has 0 saturated carbocycles. The van der Waals surface area contributed by atoms with Crippen LogP contribution in [0.1, 0.15) is 27.2 Å². The average molecular weight is 236 g/mol. The molecular weight excluding hydrogens is 215 g/mol. The molecule has 0 spiro atoms. The van der Waals surface area contributed by atoms with Crippen LogP contribution >= 0.6 is 0 Å².